The lowest BCUT2D eigenvalue weighted by Crippen LogP contribution is -2.19. The van der Waals surface area contributed by atoms with Crippen LogP contribution in [0.3, 0.4) is 0 Å². The van der Waals surface area contributed by atoms with Crippen molar-refractivity contribution in [3.8, 4) is 17.1 Å². The first-order chi connectivity index (χ1) is 12.7. The fourth-order valence-corrected chi connectivity index (χ4v) is 3.39. The topological polar surface area (TPSA) is 51.4 Å². The number of hydrogen-bond donors (Lipinski definition) is 0. The normalized spacial score (nSPS) is 17.5. The molecule has 0 aliphatic carbocycles. The van der Waals surface area contributed by atoms with E-state index in [1.165, 1.54) is 11.1 Å². The lowest BCUT2D eigenvalue weighted by molar-refractivity contribution is 0.309. The molecule has 3 aromatic rings. The van der Waals surface area contributed by atoms with Gasteiger partial charge < -0.3 is 9.26 Å². The minimum absolute atomic E-state index is 0.306. The molecule has 1 aliphatic heterocycles. The molecule has 0 unspecified atom stereocenters. The maximum absolute atomic E-state index is 5.55. The van der Waals surface area contributed by atoms with E-state index in [0.29, 0.717) is 11.7 Å². The average Bonchev–Trinajstić information content (AvgIpc) is 3.33. The molecule has 5 nitrogen and oxygen atoms in total. The quantitative estimate of drug-likeness (QED) is 0.696. The highest BCUT2D eigenvalue weighted by atomic mass is 16.5. The van der Waals surface area contributed by atoms with E-state index in [4.69, 9.17) is 9.26 Å². The summed E-state index contributed by atoms with van der Waals surface area (Å²) in [5.41, 5.74) is 3.58. The van der Waals surface area contributed by atoms with Crippen LogP contribution in [0.5, 0.6) is 5.75 Å². The minimum Gasteiger partial charge on any atom is -0.497 e. The molecule has 0 bridgehead atoms. The third-order valence-electron chi connectivity index (χ3n) is 4.94. The van der Waals surface area contributed by atoms with Crippen LogP contribution in [0.4, 0.5) is 0 Å². The van der Waals surface area contributed by atoms with Gasteiger partial charge in [0.1, 0.15) is 5.75 Å². The molecular formula is C21H23N3O2. The molecule has 0 radical (unpaired) electrons. The summed E-state index contributed by atoms with van der Waals surface area (Å²) in [6.45, 7) is 5.10. The Morgan fingerprint density at radius 1 is 1.12 bits per heavy atom. The number of benzene rings is 2. The van der Waals surface area contributed by atoms with Crippen molar-refractivity contribution < 1.29 is 9.26 Å². The first kappa shape index (κ1) is 16.8. The SMILES string of the molecule is COc1ccc(-c2noc([C@@H]3CCN(Cc4ccc(C)cc4)C3)n2)cc1. The standard InChI is InChI=1S/C21H23N3O2/c1-15-3-5-16(6-4-15)13-24-12-11-18(14-24)21-22-20(23-26-21)17-7-9-19(25-2)10-8-17/h3-10,18H,11-14H2,1-2H3/t18-/m1/s1. The summed E-state index contributed by atoms with van der Waals surface area (Å²) in [4.78, 5) is 7.08. The largest absolute Gasteiger partial charge is 0.497 e. The third kappa shape index (κ3) is 3.63. The van der Waals surface area contributed by atoms with E-state index < -0.39 is 0 Å². The number of likely N-dealkylation sites (tertiary alicyclic amines) is 1. The molecule has 0 amide bonds. The van der Waals surface area contributed by atoms with Gasteiger partial charge in [-0.15, -0.1) is 0 Å². The van der Waals surface area contributed by atoms with E-state index in [0.717, 1.165) is 43.3 Å². The summed E-state index contributed by atoms with van der Waals surface area (Å²) < 4.78 is 10.7. The first-order valence-electron chi connectivity index (χ1n) is 8.97. The van der Waals surface area contributed by atoms with Gasteiger partial charge in [-0.25, -0.2) is 0 Å². The van der Waals surface area contributed by atoms with Crippen LogP contribution in [0.25, 0.3) is 11.4 Å². The van der Waals surface area contributed by atoms with E-state index in [9.17, 15) is 0 Å². The van der Waals surface area contributed by atoms with Crippen molar-refractivity contribution in [2.75, 3.05) is 20.2 Å². The van der Waals surface area contributed by atoms with E-state index in [2.05, 4.69) is 46.2 Å². The Kier molecular flexibility index (Phi) is 4.71. The van der Waals surface area contributed by atoms with Crippen molar-refractivity contribution in [3.05, 3.63) is 65.5 Å². The zero-order valence-corrected chi connectivity index (χ0v) is 15.2. The van der Waals surface area contributed by atoms with Crippen molar-refractivity contribution in [2.45, 2.75) is 25.8 Å². The summed E-state index contributed by atoms with van der Waals surface area (Å²) in [7, 11) is 1.66. The number of rotatable bonds is 5. The summed E-state index contributed by atoms with van der Waals surface area (Å²) in [5.74, 6) is 2.50. The van der Waals surface area contributed by atoms with Gasteiger partial charge in [0.05, 0.1) is 13.0 Å². The van der Waals surface area contributed by atoms with Crippen molar-refractivity contribution >= 4 is 0 Å². The highest BCUT2D eigenvalue weighted by Gasteiger charge is 2.28. The molecule has 1 fully saturated rings. The molecule has 2 heterocycles. The van der Waals surface area contributed by atoms with Crippen LogP contribution in [0.1, 0.15) is 29.4 Å². The Morgan fingerprint density at radius 2 is 1.88 bits per heavy atom. The Balaban J connectivity index is 1.41. The molecule has 1 atom stereocenters. The number of hydrogen-bond acceptors (Lipinski definition) is 5. The predicted octanol–water partition coefficient (Wildman–Crippen LogP) is 4.04. The van der Waals surface area contributed by atoms with Gasteiger partial charge in [0, 0.05) is 18.7 Å². The fraction of sp³-hybridized carbons (Fsp3) is 0.333. The zero-order valence-electron chi connectivity index (χ0n) is 15.2. The Bertz CT molecular complexity index is 856. The molecule has 0 spiro atoms. The smallest absolute Gasteiger partial charge is 0.231 e. The van der Waals surface area contributed by atoms with Gasteiger partial charge >= 0.3 is 0 Å². The van der Waals surface area contributed by atoms with Gasteiger partial charge in [-0.05, 0) is 49.7 Å². The lowest BCUT2D eigenvalue weighted by atomic mass is 10.1. The maximum Gasteiger partial charge on any atom is 0.231 e. The molecule has 5 heteroatoms. The van der Waals surface area contributed by atoms with Crippen LogP contribution in [0, 0.1) is 6.92 Å². The van der Waals surface area contributed by atoms with Gasteiger partial charge in [-0.1, -0.05) is 35.0 Å². The molecular weight excluding hydrogens is 326 g/mol. The number of aromatic nitrogens is 2. The summed E-state index contributed by atoms with van der Waals surface area (Å²) >= 11 is 0. The van der Waals surface area contributed by atoms with Crippen LogP contribution in [0.2, 0.25) is 0 Å². The van der Waals surface area contributed by atoms with E-state index in [-0.39, 0.29) is 0 Å². The highest BCUT2D eigenvalue weighted by molar-refractivity contribution is 5.55. The van der Waals surface area contributed by atoms with Crippen LogP contribution in [0.15, 0.2) is 53.1 Å². The summed E-state index contributed by atoms with van der Waals surface area (Å²) in [6, 6.07) is 16.5. The minimum atomic E-state index is 0.306. The second-order valence-corrected chi connectivity index (χ2v) is 6.89. The third-order valence-corrected chi connectivity index (χ3v) is 4.94. The molecule has 4 rings (SSSR count). The predicted molar refractivity (Wildman–Crippen MR) is 100 cm³/mol. The fourth-order valence-electron chi connectivity index (χ4n) is 3.39. The van der Waals surface area contributed by atoms with Crippen molar-refractivity contribution in [1.82, 2.24) is 15.0 Å². The Hall–Kier alpha value is -2.66. The number of aryl methyl sites for hydroxylation is 1. The second-order valence-electron chi connectivity index (χ2n) is 6.89. The number of ether oxygens (including phenoxy) is 1. The summed E-state index contributed by atoms with van der Waals surface area (Å²) in [5, 5.41) is 4.16. The van der Waals surface area contributed by atoms with E-state index >= 15 is 0 Å². The van der Waals surface area contributed by atoms with Gasteiger partial charge in [-0.2, -0.15) is 4.98 Å². The van der Waals surface area contributed by atoms with Crippen LogP contribution in [-0.2, 0) is 6.54 Å². The van der Waals surface area contributed by atoms with Gasteiger partial charge in [-0.3, -0.25) is 4.90 Å². The van der Waals surface area contributed by atoms with E-state index in [1.807, 2.05) is 24.3 Å². The molecule has 0 saturated carbocycles. The van der Waals surface area contributed by atoms with Crippen molar-refractivity contribution in [3.63, 3.8) is 0 Å². The number of nitrogens with zero attached hydrogens (tertiary/aromatic N) is 3. The molecule has 0 N–H and O–H groups in total. The molecule has 1 aromatic heterocycles. The first-order valence-corrected chi connectivity index (χ1v) is 8.97. The lowest BCUT2D eigenvalue weighted by Gasteiger charge is -2.15. The zero-order chi connectivity index (χ0) is 17.9. The Labute approximate surface area is 153 Å². The Morgan fingerprint density at radius 3 is 2.62 bits per heavy atom. The highest BCUT2D eigenvalue weighted by Crippen LogP contribution is 2.29. The molecule has 1 saturated heterocycles. The maximum atomic E-state index is 5.55. The monoisotopic (exact) mass is 349 g/mol. The van der Waals surface area contributed by atoms with Crippen molar-refractivity contribution in [1.29, 1.82) is 0 Å². The second kappa shape index (κ2) is 7.30. The summed E-state index contributed by atoms with van der Waals surface area (Å²) in [6.07, 6.45) is 1.05. The van der Waals surface area contributed by atoms with Gasteiger partial charge in [0.25, 0.3) is 0 Å². The van der Waals surface area contributed by atoms with E-state index in [1.54, 1.807) is 7.11 Å². The molecule has 134 valence electrons. The molecule has 26 heavy (non-hydrogen) atoms. The van der Waals surface area contributed by atoms with Crippen LogP contribution >= 0.6 is 0 Å². The van der Waals surface area contributed by atoms with Gasteiger partial charge in [0.15, 0.2) is 0 Å². The van der Waals surface area contributed by atoms with Gasteiger partial charge in [0.2, 0.25) is 11.7 Å². The molecule has 2 aromatic carbocycles. The number of methoxy groups -OCH3 is 1. The van der Waals surface area contributed by atoms with Crippen molar-refractivity contribution in [2.24, 2.45) is 0 Å². The van der Waals surface area contributed by atoms with Crippen LogP contribution in [-0.4, -0.2) is 35.2 Å². The van der Waals surface area contributed by atoms with Crippen LogP contribution < -0.4 is 4.74 Å². The average molecular weight is 349 g/mol. The molecule has 1 aliphatic rings.